The lowest BCUT2D eigenvalue weighted by molar-refractivity contribution is 0.887. The number of fused-ring (bicyclic) bond motifs is 2. The average Bonchev–Trinajstić information content (AvgIpc) is 3.10. The fourth-order valence-corrected chi connectivity index (χ4v) is 3.85. The number of allylic oxidation sites excluding steroid dienone is 2. The van der Waals surface area contributed by atoms with Crippen LogP contribution in [-0.2, 0) is 12.8 Å². The molecule has 0 nitrogen and oxygen atoms in total. The van der Waals surface area contributed by atoms with Crippen LogP contribution in [0.4, 0.5) is 0 Å². The molecule has 0 aliphatic heterocycles. The number of hydrogen-bond acceptors (Lipinski definition) is 0. The molecule has 0 heterocycles. The van der Waals surface area contributed by atoms with E-state index in [2.05, 4.69) is 62.4 Å². The zero-order valence-corrected chi connectivity index (χ0v) is 13.4. The van der Waals surface area contributed by atoms with Gasteiger partial charge in [-0.05, 0) is 72.9 Å². The van der Waals surface area contributed by atoms with Gasteiger partial charge in [-0.15, -0.1) is 0 Å². The van der Waals surface area contributed by atoms with Crippen LogP contribution in [0.5, 0.6) is 0 Å². The van der Waals surface area contributed by atoms with Gasteiger partial charge in [-0.25, -0.2) is 0 Å². The molecule has 4 rings (SSSR count). The normalized spacial score (nSPS) is 15.4. The van der Waals surface area contributed by atoms with E-state index >= 15 is 0 Å². The van der Waals surface area contributed by atoms with Crippen LogP contribution in [0, 0.1) is 13.8 Å². The van der Waals surface area contributed by atoms with Gasteiger partial charge in [0, 0.05) is 0 Å². The summed E-state index contributed by atoms with van der Waals surface area (Å²) in [6.07, 6.45) is 9.56. The van der Waals surface area contributed by atoms with Gasteiger partial charge in [-0.1, -0.05) is 59.7 Å². The largest absolute Gasteiger partial charge is 0.0649 e. The Morgan fingerprint density at radius 2 is 1.14 bits per heavy atom. The SMILES string of the molecule is Cc1cccc2c1C=C(CCC1=Cc3c(C)cccc3C1)C2. The molecule has 0 saturated carbocycles. The lowest BCUT2D eigenvalue weighted by Crippen LogP contribution is -1.89. The van der Waals surface area contributed by atoms with Crippen molar-refractivity contribution in [2.45, 2.75) is 39.5 Å². The van der Waals surface area contributed by atoms with Crippen LogP contribution >= 0.6 is 0 Å². The van der Waals surface area contributed by atoms with Crippen LogP contribution in [-0.4, -0.2) is 0 Å². The van der Waals surface area contributed by atoms with Crippen molar-refractivity contribution in [3.63, 3.8) is 0 Å². The van der Waals surface area contributed by atoms with E-state index in [1.54, 1.807) is 11.1 Å². The maximum atomic E-state index is 2.43. The summed E-state index contributed by atoms with van der Waals surface area (Å²) in [6.45, 7) is 4.44. The third kappa shape index (κ3) is 2.33. The monoisotopic (exact) mass is 286 g/mol. The van der Waals surface area contributed by atoms with Gasteiger partial charge in [-0.2, -0.15) is 0 Å². The van der Waals surface area contributed by atoms with Crippen molar-refractivity contribution in [2.24, 2.45) is 0 Å². The second-order valence-corrected chi connectivity index (χ2v) is 6.75. The Labute approximate surface area is 133 Å². The summed E-state index contributed by atoms with van der Waals surface area (Å²) in [5.74, 6) is 0. The maximum absolute atomic E-state index is 2.43. The Morgan fingerprint density at radius 1 is 0.682 bits per heavy atom. The van der Waals surface area contributed by atoms with E-state index in [0.29, 0.717) is 0 Å². The van der Waals surface area contributed by atoms with E-state index < -0.39 is 0 Å². The highest BCUT2D eigenvalue weighted by atomic mass is 14.2. The van der Waals surface area contributed by atoms with E-state index in [1.807, 2.05) is 0 Å². The highest BCUT2D eigenvalue weighted by molar-refractivity contribution is 5.68. The molecule has 0 radical (unpaired) electrons. The summed E-state index contributed by atoms with van der Waals surface area (Å²) in [7, 11) is 0. The fourth-order valence-electron chi connectivity index (χ4n) is 3.85. The molecule has 0 bridgehead atoms. The predicted octanol–water partition coefficient (Wildman–Crippen LogP) is 5.66. The van der Waals surface area contributed by atoms with Gasteiger partial charge in [-0.3, -0.25) is 0 Å². The van der Waals surface area contributed by atoms with Gasteiger partial charge < -0.3 is 0 Å². The van der Waals surface area contributed by atoms with Crippen LogP contribution in [0.3, 0.4) is 0 Å². The third-order valence-corrected chi connectivity index (χ3v) is 5.13. The lowest BCUT2D eigenvalue weighted by Gasteiger charge is -2.04. The van der Waals surface area contributed by atoms with Gasteiger partial charge in [0.15, 0.2) is 0 Å². The lowest BCUT2D eigenvalue weighted by atomic mass is 10.0. The number of hydrogen-bond donors (Lipinski definition) is 0. The van der Waals surface area contributed by atoms with Crippen LogP contribution in [0.1, 0.15) is 46.2 Å². The Morgan fingerprint density at radius 3 is 1.55 bits per heavy atom. The van der Waals surface area contributed by atoms with Crippen molar-refractivity contribution in [2.75, 3.05) is 0 Å². The molecule has 0 spiro atoms. The van der Waals surface area contributed by atoms with E-state index in [1.165, 1.54) is 46.2 Å². The zero-order valence-electron chi connectivity index (χ0n) is 13.4. The molecule has 0 amide bonds. The van der Waals surface area contributed by atoms with Crippen LogP contribution in [0.2, 0.25) is 0 Å². The molecule has 110 valence electrons. The van der Waals surface area contributed by atoms with E-state index in [9.17, 15) is 0 Å². The maximum Gasteiger partial charge on any atom is -0.00576 e. The highest BCUT2D eigenvalue weighted by Gasteiger charge is 2.17. The zero-order chi connectivity index (χ0) is 15.1. The first kappa shape index (κ1) is 13.6. The quantitative estimate of drug-likeness (QED) is 0.682. The summed E-state index contributed by atoms with van der Waals surface area (Å²) in [5.41, 5.74) is 12.0. The summed E-state index contributed by atoms with van der Waals surface area (Å²) in [5, 5.41) is 0. The van der Waals surface area contributed by atoms with Crippen molar-refractivity contribution in [1.29, 1.82) is 0 Å². The molecular formula is C22H22. The van der Waals surface area contributed by atoms with Crippen LogP contribution in [0.15, 0.2) is 47.5 Å². The minimum Gasteiger partial charge on any atom is -0.0649 e. The third-order valence-electron chi connectivity index (χ3n) is 5.13. The Bertz CT molecular complexity index is 733. The summed E-state index contributed by atoms with van der Waals surface area (Å²) in [4.78, 5) is 0. The topological polar surface area (TPSA) is 0 Å². The molecule has 22 heavy (non-hydrogen) atoms. The molecule has 2 aromatic carbocycles. The second-order valence-electron chi connectivity index (χ2n) is 6.75. The van der Waals surface area contributed by atoms with Crippen molar-refractivity contribution in [3.05, 3.63) is 80.9 Å². The molecule has 2 aliphatic carbocycles. The minimum absolute atomic E-state index is 1.15. The second kappa shape index (κ2) is 5.28. The smallest absolute Gasteiger partial charge is 0.00576 e. The van der Waals surface area contributed by atoms with Gasteiger partial charge in [0.1, 0.15) is 0 Å². The predicted molar refractivity (Wildman–Crippen MR) is 95.0 cm³/mol. The molecule has 0 unspecified atom stereocenters. The first-order valence-electron chi connectivity index (χ1n) is 8.26. The molecular weight excluding hydrogens is 264 g/mol. The fraction of sp³-hybridized carbons (Fsp3) is 0.273. The molecule has 0 saturated heterocycles. The molecule has 0 heteroatoms. The van der Waals surface area contributed by atoms with Gasteiger partial charge >= 0.3 is 0 Å². The molecule has 0 N–H and O–H groups in total. The number of benzene rings is 2. The summed E-state index contributed by atoms with van der Waals surface area (Å²) < 4.78 is 0. The standard InChI is InChI=1S/C22H22/c1-15-5-3-7-19-11-17(13-21(15)19)9-10-18-12-20-8-4-6-16(2)22(20)14-18/h3-8,13-14H,9-12H2,1-2H3. The molecule has 2 aliphatic rings. The van der Waals surface area contributed by atoms with Crippen molar-refractivity contribution >= 4 is 12.2 Å². The van der Waals surface area contributed by atoms with E-state index in [-0.39, 0.29) is 0 Å². The van der Waals surface area contributed by atoms with Crippen molar-refractivity contribution < 1.29 is 0 Å². The average molecular weight is 286 g/mol. The van der Waals surface area contributed by atoms with E-state index in [0.717, 1.165) is 12.8 Å². The number of rotatable bonds is 3. The number of aryl methyl sites for hydroxylation is 2. The van der Waals surface area contributed by atoms with E-state index in [4.69, 9.17) is 0 Å². The molecule has 0 aromatic heterocycles. The Balaban J connectivity index is 1.46. The van der Waals surface area contributed by atoms with Gasteiger partial charge in [0.05, 0.1) is 0 Å². The van der Waals surface area contributed by atoms with Gasteiger partial charge in [0.2, 0.25) is 0 Å². The van der Waals surface area contributed by atoms with Crippen LogP contribution in [0.25, 0.3) is 12.2 Å². The molecule has 0 fully saturated rings. The van der Waals surface area contributed by atoms with Gasteiger partial charge in [0.25, 0.3) is 0 Å². The molecule has 2 aromatic rings. The first-order chi connectivity index (χ1) is 10.7. The van der Waals surface area contributed by atoms with Crippen LogP contribution < -0.4 is 0 Å². The highest BCUT2D eigenvalue weighted by Crippen LogP contribution is 2.34. The first-order valence-corrected chi connectivity index (χ1v) is 8.26. The van der Waals surface area contributed by atoms with Crippen molar-refractivity contribution in [3.8, 4) is 0 Å². The Kier molecular flexibility index (Phi) is 3.26. The van der Waals surface area contributed by atoms with Crippen molar-refractivity contribution in [1.82, 2.24) is 0 Å². The molecule has 0 atom stereocenters. The minimum atomic E-state index is 1.15. The Hall–Kier alpha value is -2.08. The summed E-state index contributed by atoms with van der Waals surface area (Å²) >= 11 is 0. The summed E-state index contributed by atoms with van der Waals surface area (Å²) in [6, 6.07) is 13.4.